The lowest BCUT2D eigenvalue weighted by Gasteiger charge is -2.41. The summed E-state index contributed by atoms with van der Waals surface area (Å²) in [7, 11) is 1.66. The lowest BCUT2D eigenvalue weighted by Crippen LogP contribution is -2.48. The first-order valence-corrected chi connectivity index (χ1v) is 12.5. The smallest absolute Gasteiger partial charge is 0.333 e. The summed E-state index contributed by atoms with van der Waals surface area (Å²) < 4.78 is 41.6. The minimum Gasteiger partial charge on any atom is -0.466 e. The highest BCUT2D eigenvalue weighted by Gasteiger charge is 2.42. The van der Waals surface area contributed by atoms with E-state index in [1.807, 2.05) is 24.3 Å². The zero-order valence-electron chi connectivity index (χ0n) is 21.3. The van der Waals surface area contributed by atoms with Crippen molar-refractivity contribution < 1.29 is 23.0 Å². The predicted molar refractivity (Wildman–Crippen MR) is 141 cm³/mol. The van der Waals surface area contributed by atoms with Crippen molar-refractivity contribution in [2.24, 2.45) is 7.05 Å². The van der Waals surface area contributed by atoms with Crippen molar-refractivity contribution >= 4 is 27.9 Å². The van der Waals surface area contributed by atoms with Gasteiger partial charge in [-0.1, -0.05) is 18.2 Å². The molecular formula is C29H24F2N4O4. The number of imidazole rings is 1. The number of pyridine rings is 2. The molecule has 0 unspecified atom stereocenters. The van der Waals surface area contributed by atoms with Crippen molar-refractivity contribution in [1.82, 2.24) is 19.1 Å². The molecule has 0 N–H and O–H groups in total. The maximum Gasteiger partial charge on any atom is 0.333 e. The predicted octanol–water partition coefficient (Wildman–Crippen LogP) is 4.44. The van der Waals surface area contributed by atoms with Crippen LogP contribution in [0.4, 0.5) is 8.78 Å². The second-order valence-corrected chi connectivity index (χ2v) is 9.68. The quantitative estimate of drug-likeness (QED) is 0.238. The highest BCUT2D eigenvalue weighted by atomic mass is 19.1. The fourth-order valence-electron chi connectivity index (χ4n) is 5.20. The van der Waals surface area contributed by atoms with Crippen LogP contribution in [0.3, 0.4) is 0 Å². The van der Waals surface area contributed by atoms with Crippen molar-refractivity contribution in [3.8, 4) is 16.8 Å². The molecule has 198 valence electrons. The van der Waals surface area contributed by atoms with Crippen molar-refractivity contribution in [3.63, 3.8) is 0 Å². The second-order valence-electron chi connectivity index (χ2n) is 9.68. The van der Waals surface area contributed by atoms with E-state index in [1.165, 1.54) is 10.6 Å². The normalized spacial score (nSPS) is 14.5. The number of aromatic nitrogens is 4. The number of aryl methyl sites for hydroxylation is 1. The topological polar surface area (TPSA) is 88.2 Å². The maximum absolute atomic E-state index is 14.5. The molecule has 8 nitrogen and oxygen atoms in total. The molecule has 0 bridgehead atoms. The number of benzene rings is 2. The van der Waals surface area contributed by atoms with E-state index < -0.39 is 17.3 Å². The summed E-state index contributed by atoms with van der Waals surface area (Å²) in [6.07, 6.45) is 1.84. The van der Waals surface area contributed by atoms with E-state index in [-0.39, 0.29) is 23.6 Å². The van der Waals surface area contributed by atoms with Gasteiger partial charge in [0.25, 0.3) is 0 Å². The average molecular weight is 531 g/mol. The van der Waals surface area contributed by atoms with E-state index in [0.717, 1.165) is 11.6 Å². The first-order valence-electron chi connectivity index (χ1n) is 12.5. The fraction of sp³-hybridized carbons (Fsp3) is 0.241. The van der Waals surface area contributed by atoms with Crippen LogP contribution in [-0.2, 0) is 26.7 Å². The van der Waals surface area contributed by atoms with Crippen molar-refractivity contribution in [2.45, 2.75) is 18.8 Å². The molecule has 6 rings (SSSR count). The minimum absolute atomic E-state index is 0.138. The Morgan fingerprint density at radius 3 is 2.54 bits per heavy atom. The lowest BCUT2D eigenvalue weighted by atomic mass is 9.76. The summed E-state index contributed by atoms with van der Waals surface area (Å²) >= 11 is 0. The van der Waals surface area contributed by atoms with Crippen LogP contribution in [0.25, 0.3) is 38.8 Å². The van der Waals surface area contributed by atoms with Crippen LogP contribution in [0.1, 0.15) is 18.9 Å². The Labute approximate surface area is 221 Å². The Morgan fingerprint density at radius 1 is 1.10 bits per heavy atom. The van der Waals surface area contributed by atoms with Gasteiger partial charge in [0.15, 0.2) is 0 Å². The number of ether oxygens (including phenoxy) is 2. The third-order valence-corrected chi connectivity index (χ3v) is 7.29. The van der Waals surface area contributed by atoms with Gasteiger partial charge in [-0.15, -0.1) is 0 Å². The van der Waals surface area contributed by atoms with Gasteiger partial charge in [0, 0.05) is 18.0 Å². The zero-order valence-corrected chi connectivity index (χ0v) is 21.3. The van der Waals surface area contributed by atoms with Gasteiger partial charge in [-0.2, -0.15) is 13.8 Å². The molecule has 0 atom stereocenters. The fourth-order valence-corrected chi connectivity index (χ4v) is 5.20. The summed E-state index contributed by atoms with van der Waals surface area (Å²) in [5.41, 5.74) is 3.22. The van der Waals surface area contributed by atoms with E-state index in [1.54, 1.807) is 42.9 Å². The molecule has 5 aromatic rings. The minimum atomic E-state index is -0.924. The van der Waals surface area contributed by atoms with Crippen LogP contribution in [0.5, 0.6) is 0 Å². The average Bonchev–Trinajstić information content (AvgIpc) is 3.16. The van der Waals surface area contributed by atoms with Crippen LogP contribution in [0.15, 0.2) is 65.6 Å². The van der Waals surface area contributed by atoms with Crippen LogP contribution >= 0.6 is 0 Å². The van der Waals surface area contributed by atoms with E-state index in [2.05, 4.69) is 9.97 Å². The molecule has 1 fully saturated rings. The molecule has 10 heteroatoms. The Kier molecular flexibility index (Phi) is 5.99. The van der Waals surface area contributed by atoms with Crippen molar-refractivity contribution in [2.75, 3.05) is 19.8 Å². The molecule has 2 aromatic carbocycles. The van der Waals surface area contributed by atoms with Gasteiger partial charge in [0.2, 0.25) is 11.9 Å². The third-order valence-electron chi connectivity index (χ3n) is 7.29. The monoisotopic (exact) mass is 530 g/mol. The van der Waals surface area contributed by atoms with Crippen molar-refractivity contribution in [1.29, 1.82) is 0 Å². The van der Waals surface area contributed by atoms with E-state index in [4.69, 9.17) is 9.47 Å². The Hall–Kier alpha value is -4.44. The molecule has 4 heterocycles. The molecular weight excluding hydrogens is 506 g/mol. The SMILES string of the molecule is CCOC(=O)CC1(c2ccc(-n3c(=O)n(C)c4cnc5ccc(-c6ccc(F)nc6F)cc5c43)cc2)COC1. The standard InChI is InChI=1S/C29H24F2N4O4/c1-3-39-25(36)13-29(15-38-16-29)18-5-7-19(8-6-18)35-26-21-12-17(20-9-11-24(30)33-27(20)31)4-10-22(21)32-14-23(26)34(2)28(35)37/h4-12,14H,3,13,15-16H2,1-2H3. The molecule has 0 radical (unpaired) electrons. The van der Waals surface area contributed by atoms with Gasteiger partial charge in [-0.3, -0.25) is 18.9 Å². The summed E-state index contributed by atoms with van der Waals surface area (Å²) in [4.78, 5) is 33.5. The number of halogens is 2. The van der Waals surface area contributed by atoms with E-state index >= 15 is 0 Å². The number of rotatable bonds is 6. The Bertz CT molecular complexity index is 1810. The van der Waals surface area contributed by atoms with Gasteiger partial charge in [0.05, 0.1) is 60.1 Å². The number of nitrogens with zero attached hydrogens (tertiary/aromatic N) is 4. The third kappa shape index (κ3) is 4.08. The van der Waals surface area contributed by atoms with Crippen LogP contribution < -0.4 is 5.69 Å². The summed E-state index contributed by atoms with van der Waals surface area (Å²) in [5, 5.41) is 0.627. The van der Waals surface area contributed by atoms with Gasteiger partial charge in [-0.05, 0) is 54.4 Å². The first kappa shape index (κ1) is 24.9. The Morgan fingerprint density at radius 2 is 1.87 bits per heavy atom. The first-order chi connectivity index (χ1) is 18.8. The lowest BCUT2D eigenvalue weighted by molar-refractivity contribution is -0.151. The van der Waals surface area contributed by atoms with Crippen molar-refractivity contribution in [3.05, 3.63) is 88.7 Å². The molecule has 1 saturated heterocycles. The molecule has 39 heavy (non-hydrogen) atoms. The number of fused-ring (bicyclic) bond motifs is 3. The van der Waals surface area contributed by atoms with Gasteiger partial charge in [-0.25, -0.2) is 4.79 Å². The zero-order chi connectivity index (χ0) is 27.3. The largest absolute Gasteiger partial charge is 0.466 e. The van der Waals surface area contributed by atoms with Crippen LogP contribution in [0, 0.1) is 11.9 Å². The molecule has 0 amide bonds. The summed E-state index contributed by atoms with van der Waals surface area (Å²) in [6, 6.07) is 15.0. The highest BCUT2D eigenvalue weighted by molar-refractivity contribution is 6.04. The number of hydrogen-bond acceptors (Lipinski definition) is 6. The summed E-state index contributed by atoms with van der Waals surface area (Å²) in [6.45, 7) is 2.90. The molecule has 0 spiro atoms. The van der Waals surface area contributed by atoms with Crippen LogP contribution in [-0.4, -0.2) is 44.9 Å². The highest BCUT2D eigenvalue weighted by Crippen LogP contribution is 2.37. The number of carbonyl (C=O) groups is 1. The molecule has 1 aliphatic rings. The maximum atomic E-state index is 14.5. The molecule has 1 aliphatic heterocycles. The molecule has 0 aliphatic carbocycles. The van der Waals surface area contributed by atoms with E-state index in [9.17, 15) is 18.4 Å². The van der Waals surface area contributed by atoms with Gasteiger partial charge in [0.1, 0.15) is 0 Å². The Balaban J connectivity index is 1.49. The van der Waals surface area contributed by atoms with Crippen LogP contribution in [0.2, 0.25) is 0 Å². The van der Waals surface area contributed by atoms with Gasteiger partial charge >= 0.3 is 11.7 Å². The van der Waals surface area contributed by atoms with Gasteiger partial charge < -0.3 is 9.47 Å². The number of esters is 1. The summed E-state index contributed by atoms with van der Waals surface area (Å²) in [5.74, 6) is -2.11. The number of carbonyl (C=O) groups excluding carboxylic acids is 1. The second kappa shape index (κ2) is 9.39. The molecule has 3 aromatic heterocycles. The van der Waals surface area contributed by atoms with E-state index in [0.29, 0.717) is 53.0 Å². The molecule has 0 saturated carbocycles. The number of hydrogen-bond donors (Lipinski definition) is 0.